The summed E-state index contributed by atoms with van der Waals surface area (Å²) in [5, 5.41) is 0. The second kappa shape index (κ2) is 3.19. The summed E-state index contributed by atoms with van der Waals surface area (Å²) >= 11 is 0. The van der Waals surface area contributed by atoms with Crippen molar-refractivity contribution in [3.05, 3.63) is 0 Å². The van der Waals surface area contributed by atoms with Crippen LogP contribution < -0.4 is 5.73 Å². The van der Waals surface area contributed by atoms with Crippen LogP contribution in [-0.4, -0.2) is 43.2 Å². The summed E-state index contributed by atoms with van der Waals surface area (Å²) in [5.41, 5.74) is 5.41. The van der Waals surface area contributed by atoms with E-state index in [0.29, 0.717) is 13.1 Å². The van der Waals surface area contributed by atoms with Gasteiger partial charge in [-0.2, -0.15) is 0 Å². The Balaban J connectivity index is 2.54. The molecule has 0 aromatic heterocycles. The molecule has 1 aliphatic rings. The van der Waals surface area contributed by atoms with Crippen LogP contribution in [0.15, 0.2) is 0 Å². The molecule has 4 heteroatoms. The molecular weight excluding hydrogens is 144 g/mol. The van der Waals surface area contributed by atoms with Crippen molar-refractivity contribution in [2.24, 2.45) is 5.73 Å². The normalized spacial score (nSPS) is 32.6. The van der Waals surface area contributed by atoms with Crippen molar-refractivity contribution in [1.29, 1.82) is 0 Å². The maximum Gasteiger partial charge on any atom is 0.251 e. The SMILES string of the molecule is C[C@H]1O[C@H](CN)CN(C)C1=O. The van der Waals surface area contributed by atoms with Crippen molar-refractivity contribution in [3.63, 3.8) is 0 Å². The zero-order chi connectivity index (χ0) is 8.43. The Bertz CT molecular complexity index is 147. The molecule has 0 saturated carbocycles. The van der Waals surface area contributed by atoms with Crippen LogP contribution in [0.4, 0.5) is 0 Å². The molecule has 0 spiro atoms. The Kier molecular flexibility index (Phi) is 2.46. The summed E-state index contributed by atoms with van der Waals surface area (Å²) in [6.07, 6.45) is -0.324. The average Bonchev–Trinajstić information content (AvgIpc) is 1.99. The van der Waals surface area contributed by atoms with E-state index < -0.39 is 0 Å². The quantitative estimate of drug-likeness (QED) is 0.543. The summed E-state index contributed by atoms with van der Waals surface area (Å²) in [6.45, 7) is 2.84. The molecule has 1 heterocycles. The first-order valence-corrected chi connectivity index (χ1v) is 3.75. The number of carbonyl (C=O) groups excluding carboxylic acids is 1. The minimum atomic E-state index is -0.331. The van der Waals surface area contributed by atoms with Crippen molar-refractivity contribution >= 4 is 5.91 Å². The van der Waals surface area contributed by atoms with Gasteiger partial charge in [-0.15, -0.1) is 0 Å². The molecule has 4 nitrogen and oxygen atoms in total. The molecule has 1 rings (SSSR count). The number of morpholine rings is 1. The Morgan fingerprint density at radius 3 is 2.91 bits per heavy atom. The highest BCUT2D eigenvalue weighted by Crippen LogP contribution is 2.09. The number of nitrogens with two attached hydrogens (primary N) is 1. The van der Waals surface area contributed by atoms with Crippen LogP contribution in [0.3, 0.4) is 0 Å². The molecule has 2 atom stereocenters. The lowest BCUT2D eigenvalue weighted by Crippen LogP contribution is -2.51. The van der Waals surface area contributed by atoms with Crippen molar-refractivity contribution in [2.75, 3.05) is 20.1 Å². The fraction of sp³-hybridized carbons (Fsp3) is 0.857. The molecule has 0 aliphatic carbocycles. The van der Waals surface area contributed by atoms with E-state index in [2.05, 4.69) is 0 Å². The van der Waals surface area contributed by atoms with Crippen molar-refractivity contribution in [1.82, 2.24) is 4.90 Å². The fourth-order valence-corrected chi connectivity index (χ4v) is 1.23. The van der Waals surface area contributed by atoms with E-state index in [-0.39, 0.29) is 18.1 Å². The summed E-state index contributed by atoms with van der Waals surface area (Å²) in [4.78, 5) is 12.8. The van der Waals surface area contributed by atoms with Crippen molar-refractivity contribution in [2.45, 2.75) is 19.1 Å². The predicted octanol–water partition coefficient (Wildman–Crippen LogP) is -0.809. The number of ether oxygens (including phenoxy) is 1. The van der Waals surface area contributed by atoms with E-state index in [1.54, 1.807) is 18.9 Å². The number of amides is 1. The highest BCUT2D eigenvalue weighted by molar-refractivity contribution is 5.80. The summed E-state index contributed by atoms with van der Waals surface area (Å²) in [7, 11) is 1.77. The molecule has 0 unspecified atom stereocenters. The molecule has 0 aromatic carbocycles. The standard InChI is InChI=1S/C7H14N2O2/c1-5-7(10)9(2)4-6(3-8)11-5/h5-6H,3-4,8H2,1-2H3/t5-,6-/m1/s1. The van der Waals surface area contributed by atoms with Crippen molar-refractivity contribution < 1.29 is 9.53 Å². The maximum atomic E-state index is 11.1. The largest absolute Gasteiger partial charge is 0.362 e. The summed E-state index contributed by atoms with van der Waals surface area (Å²) in [6, 6.07) is 0. The van der Waals surface area contributed by atoms with Gasteiger partial charge in [-0.3, -0.25) is 4.79 Å². The molecule has 0 aromatic rings. The highest BCUT2D eigenvalue weighted by atomic mass is 16.5. The van der Waals surface area contributed by atoms with E-state index in [0.717, 1.165) is 0 Å². The average molecular weight is 158 g/mol. The number of likely N-dealkylation sites (N-methyl/N-ethyl adjacent to an activating group) is 1. The first-order chi connectivity index (χ1) is 5.15. The van der Waals surface area contributed by atoms with Crippen LogP contribution in [0.1, 0.15) is 6.92 Å². The topological polar surface area (TPSA) is 55.6 Å². The molecular formula is C7H14N2O2. The molecule has 1 amide bonds. The first kappa shape index (κ1) is 8.49. The Morgan fingerprint density at radius 1 is 1.82 bits per heavy atom. The third kappa shape index (κ3) is 1.70. The minimum Gasteiger partial charge on any atom is -0.362 e. The molecule has 1 fully saturated rings. The van der Waals surface area contributed by atoms with Crippen LogP contribution in [0.25, 0.3) is 0 Å². The zero-order valence-electron chi connectivity index (χ0n) is 6.91. The van der Waals surface area contributed by atoms with Gasteiger partial charge in [-0.1, -0.05) is 0 Å². The molecule has 0 radical (unpaired) electrons. The molecule has 64 valence electrons. The Hall–Kier alpha value is -0.610. The van der Waals surface area contributed by atoms with Crippen LogP contribution in [0.2, 0.25) is 0 Å². The van der Waals surface area contributed by atoms with Gasteiger partial charge in [-0.25, -0.2) is 0 Å². The van der Waals surface area contributed by atoms with Gasteiger partial charge in [0.1, 0.15) is 6.10 Å². The lowest BCUT2D eigenvalue weighted by atomic mass is 10.2. The number of nitrogens with zero attached hydrogens (tertiary/aromatic N) is 1. The lowest BCUT2D eigenvalue weighted by molar-refractivity contribution is -0.156. The minimum absolute atomic E-state index is 0.00713. The second-order valence-electron chi connectivity index (χ2n) is 2.85. The van der Waals surface area contributed by atoms with Crippen LogP contribution in [0, 0.1) is 0 Å². The van der Waals surface area contributed by atoms with Gasteiger partial charge in [0.2, 0.25) is 0 Å². The second-order valence-corrected chi connectivity index (χ2v) is 2.85. The Labute approximate surface area is 66.3 Å². The maximum absolute atomic E-state index is 11.1. The number of rotatable bonds is 1. The third-order valence-electron chi connectivity index (χ3n) is 1.86. The highest BCUT2D eigenvalue weighted by Gasteiger charge is 2.28. The van der Waals surface area contributed by atoms with Gasteiger partial charge in [0.25, 0.3) is 5.91 Å². The smallest absolute Gasteiger partial charge is 0.251 e. The summed E-state index contributed by atoms with van der Waals surface area (Å²) < 4.78 is 5.30. The predicted molar refractivity (Wildman–Crippen MR) is 41.0 cm³/mol. The van der Waals surface area contributed by atoms with Crippen LogP contribution >= 0.6 is 0 Å². The lowest BCUT2D eigenvalue weighted by Gasteiger charge is -2.33. The molecule has 11 heavy (non-hydrogen) atoms. The van der Waals surface area contributed by atoms with Gasteiger partial charge in [0, 0.05) is 20.1 Å². The van der Waals surface area contributed by atoms with Crippen molar-refractivity contribution in [3.8, 4) is 0 Å². The van der Waals surface area contributed by atoms with E-state index in [9.17, 15) is 4.79 Å². The molecule has 2 N–H and O–H groups in total. The molecule has 1 aliphatic heterocycles. The zero-order valence-corrected chi connectivity index (χ0v) is 6.91. The first-order valence-electron chi connectivity index (χ1n) is 3.75. The van der Waals surface area contributed by atoms with Gasteiger partial charge < -0.3 is 15.4 Å². The number of hydrogen-bond donors (Lipinski definition) is 1. The number of carbonyl (C=O) groups is 1. The summed E-state index contributed by atoms with van der Waals surface area (Å²) in [5.74, 6) is 0.0368. The van der Waals surface area contributed by atoms with Crippen LogP contribution in [0.5, 0.6) is 0 Å². The van der Waals surface area contributed by atoms with Gasteiger partial charge >= 0.3 is 0 Å². The van der Waals surface area contributed by atoms with Gasteiger partial charge in [0.05, 0.1) is 6.10 Å². The number of hydrogen-bond acceptors (Lipinski definition) is 3. The fourth-order valence-electron chi connectivity index (χ4n) is 1.23. The molecule has 0 bridgehead atoms. The van der Waals surface area contributed by atoms with Gasteiger partial charge in [-0.05, 0) is 6.92 Å². The van der Waals surface area contributed by atoms with E-state index in [4.69, 9.17) is 10.5 Å². The molecule has 1 saturated heterocycles. The third-order valence-corrected chi connectivity index (χ3v) is 1.86. The van der Waals surface area contributed by atoms with E-state index >= 15 is 0 Å². The monoisotopic (exact) mass is 158 g/mol. The van der Waals surface area contributed by atoms with E-state index in [1.807, 2.05) is 0 Å². The van der Waals surface area contributed by atoms with Crippen LogP contribution in [-0.2, 0) is 9.53 Å². The Morgan fingerprint density at radius 2 is 2.45 bits per heavy atom. The van der Waals surface area contributed by atoms with E-state index in [1.165, 1.54) is 0 Å². The van der Waals surface area contributed by atoms with Gasteiger partial charge in [0.15, 0.2) is 0 Å².